The standard InChI is InChI=1S/2C28H26F4N6O/c2*1-37(2)20-9-10-38(15-20)25-8-5-19(28(30,31)32)13-21(25)26(39)35-24-12-17(3-6-22(24)29)16-4-7-23-18(11-16)14-34-27(33)36-23/h2*3-8,11-14,20H,9-10,15H2,1-2H3,(H,35,39)(H2,33,34,36)/t2*20-/m10/s1. The van der Waals surface area contributed by atoms with Crippen molar-refractivity contribution in [2.45, 2.75) is 37.3 Å². The lowest BCUT2D eigenvalue weighted by Gasteiger charge is -2.24. The lowest BCUT2D eigenvalue weighted by atomic mass is 10.0. The molecule has 0 bridgehead atoms. The highest BCUT2D eigenvalue weighted by Gasteiger charge is 2.36. The predicted molar refractivity (Wildman–Crippen MR) is 286 cm³/mol. The van der Waals surface area contributed by atoms with E-state index in [4.69, 9.17) is 11.5 Å². The number of nitrogens with zero attached hydrogens (tertiary/aromatic N) is 8. The van der Waals surface area contributed by atoms with Crippen LogP contribution in [0.5, 0.6) is 0 Å². The minimum atomic E-state index is -4.64. The Hall–Kier alpha value is -8.50. The van der Waals surface area contributed by atoms with E-state index in [2.05, 4.69) is 30.6 Å². The van der Waals surface area contributed by atoms with Gasteiger partial charge in [-0.05, 0) is 148 Å². The number of likely N-dealkylation sites (N-methyl/N-ethyl adjacent to an activating group) is 2. The summed E-state index contributed by atoms with van der Waals surface area (Å²) in [5.74, 6) is -2.81. The summed E-state index contributed by atoms with van der Waals surface area (Å²) in [4.78, 5) is 50.9. The molecule has 0 saturated carbocycles. The first-order valence-electron chi connectivity index (χ1n) is 24.5. The number of hydrogen-bond donors (Lipinski definition) is 4. The van der Waals surface area contributed by atoms with Crippen molar-refractivity contribution in [1.29, 1.82) is 0 Å². The first-order valence-corrected chi connectivity index (χ1v) is 24.5. The maximum absolute atomic E-state index is 14.8. The van der Waals surface area contributed by atoms with E-state index in [0.717, 1.165) is 37.1 Å². The number of benzene rings is 6. The lowest BCUT2D eigenvalue weighted by molar-refractivity contribution is -0.138. The first-order chi connectivity index (χ1) is 37.0. The van der Waals surface area contributed by atoms with Gasteiger partial charge in [0.1, 0.15) is 11.6 Å². The molecule has 0 radical (unpaired) electrons. The van der Waals surface area contributed by atoms with Gasteiger partial charge in [-0.2, -0.15) is 26.3 Å². The average Bonchev–Trinajstić information content (AvgIpc) is 4.15. The topological polar surface area (TPSA) is 175 Å². The maximum atomic E-state index is 14.8. The molecule has 2 amide bonds. The molecule has 22 heteroatoms. The van der Waals surface area contributed by atoms with Crippen molar-refractivity contribution in [2.75, 3.05) is 86.3 Å². The van der Waals surface area contributed by atoms with Crippen LogP contribution in [0.1, 0.15) is 44.7 Å². The number of carbonyl (C=O) groups is 2. The molecule has 2 fully saturated rings. The van der Waals surface area contributed by atoms with E-state index in [1.165, 1.54) is 36.4 Å². The lowest BCUT2D eigenvalue weighted by Crippen LogP contribution is -2.32. The normalized spacial score (nSPS) is 15.8. The number of halogens is 8. The highest BCUT2D eigenvalue weighted by atomic mass is 19.4. The molecule has 2 aromatic heterocycles. The zero-order valence-corrected chi connectivity index (χ0v) is 42.5. The van der Waals surface area contributed by atoms with Crippen molar-refractivity contribution in [3.63, 3.8) is 0 Å². The summed E-state index contributed by atoms with van der Waals surface area (Å²) in [7, 11) is 7.73. The van der Waals surface area contributed by atoms with Crippen LogP contribution < -0.4 is 31.9 Å². The minimum Gasteiger partial charge on any atom is -0.369 e. The fourth-order valence-electron chi connectivity index (χ4n) is 9.54. The number of rotatable bonds is 10. The first kappa shape index (κ1) is 54.3. The summed E-state index contributed by atoms with van der Waals surface area (Å²) in [5, 5.41) is 6.43. The Morgan fingerprint density at radius 1 is 0.538 bits per heavy atom. The molecule has 2 aliphatic heterocycles. The van der Waals surface area contributed by atoms with Crippen molar-refractivity contribution < 1.29 is 44.7 Å². The van der Waals surface area contributed by atoms with Crippen molar-refractivity contribution in [2.24, 2.45) is 0 Å². The van der Waals surface area contributed by atoms with Gasteiger partial charge in [-0.15, -0.1) is 0 Å². The van der Waals surface area contributed by atoms with E-state index in [-0.39, 0.29) is 46.5 Å². The molecule has 0 spiro atoms. The number of fused-ring (bicyclic) bond motifs is 2. The Kier molecular flexibility index (Phi) is 15.2. The molecular weight excluding hydrogens is 1020 g/mol. The third kappa shape index (κ3) is 12.0. The van der Waals surface area contributed by atoms with Crippen LogP contribution in [0.3, 0.4) is 0 Å². The van der Waals surface area contributed by atoms with Gasteiger partial charge in [-0.3, -0.25) is 9.59 Å². The molecule has 6 N–H and O–H groups in total. The number of carbonyl (C=O) groups excluding carboxylic acids is 2. The molecule has 4 heterocycles. The zero-order chi connectivity index (χ0) is 55.8. The molecule has 0 unspecified atom stereocenters. The summed E-state index contributed by atoms with van der Waals surface area (Å²) in [6, 6.07) is 25.6. The van der Waals surface area contributed by atoms with E-state index < -0.39 is 46.9 Å². The van der Waals surface area contributed by atoms with Crippen LogP contribution in [-0.2, 0) is 12.4 Å². The number of nitrogen functional groups attached to an aromatic ring is 2. The number of hydrogen-bond acceptors (Lipinski definition) is 12. The monoisotopic (exact) mass is 1080 g/mol. The fraction of sp³-hybridized carbons (Fsp3) is 0.250. The highest BCUT2D eigenvalue weighted by Crippen LogP contribution is 2.38. The van der Waals surface area contributed by atoms with Crippen LogP contribution in [0, 0.1) is 11.6 Å². The minimum absolute atomic E-state index is 0.141. The molecule has 2 atom stereocenters. The Morgan fingerprint density at radius 2 is 0.910 bits per heavy atom. The van der Waals surface area contributed by atoms with Gasteiger partial charge >= 0.3 is 12.4 Å². The summed E-state index contributed by atoms with van der Waals surface area (Å²) in [6.45, 7) is 2.27. The third-order valence-electron chi connectivity index (χ3n) is 13.9. The van der Waals surface area contributed by atoms with Gasteiger partial charge in [-0.1, -0.05) is 24.3 Å². The molecule has 404 valence electrons. The van der Waals surface area contributed by atoms with Crippen LogP contribution in [0.2, 0.25) is 0 Å². The number of amides is 2. The van der Waals surface area contributed by atoms with Crippen LogP contribution >= 0.6 is 0 Å². The van der Waals surface area contributed by atoms with Crippen molar-refractivity contribution >= 4 is 68.3 Å². The van der Waals surface area contributed by atoms with Crippen LogP contribution in [0.25, 0.3) is 44.1 Å². The summed E-state index contributed by atoms with van der Waals surface area (Å²) < 4.78 is 111. The van der Waals surface area contributed by atoms with Gasteiger partial charge in [0, 0.05) is 72.8 Å². The Labute approximate surface area is 442 Å². The zero-order valence-electron chi connectivity index (χ0n) is 42.5. The predicted octanol–water partition coefficient (Wildman–Crippen LogP) is 10.9. The van der Waals surface area contributed by atoms with E-state index in [9.17, 15) is 44.7 Å². The Balaban J connectivity index is 0.000000190. The van der Waals surface area contributed by atoms with Crippen LogP contribution in [-0.4, -0.2) is 108 Å². The summed E-state index contributed by atoms with van der Waals surface area (Å²) in [6.07, 6.45) is -4.53. The van der Waals surface area contributed by atoms with E-state index in [1.807, 2.05) is 47.8 Å². The van der Waals surface area contributed by atoms with Crippen molar-refractivity contribution in [3.8, 4) is 22.3 Å². The van der Waals surface area contributed by atoms with Gasteiger partial charge in [0.25, 0.3) is 11.8 Å². The molecular formula is C56H52F8N12O2. The largest absolute Gasteiger partial charge is 0.416 e. The molecule has 10 rings (SSSR count). The van der Waals surface area contributed by atoms with Gasteiger partial charge in [0.15, 0.2) is 0 Å². The SMILES string of the molecule is CN(C)[C@@H]1CCN(c2ccc(C(F)(F)F)cc2C(=O)Nc2cc(-c3ccc4nc(N)ncc4c3)ccc2F)C1.CN(C)[C@H]1CCN(c2ccc(C(F)(F)F)cc2C(=O)Nc2cc(-c3ccc4nc(N)ncc4c3)ccc2F)C1. The second-order valence-corrected chi connectivity index (χ2v) is 19.5. The summed E-state index contributed by atoms with van der Waals surface area (Å²) >= 11 is 0. The second-order valence-electron chi connectivity index (χ2n) is 19.5. The van der Waals surface area contributed by atoms with Crippen molar-refractivity contribution in [3.05, 3.63) is 155 Å². The van der Waals surface area contributed by atoms with Gasteiger partial charge in [-0.25, -0.2) is 28.7 Å². The Morgan fingerprint density at radius 3 is 1.27 bits per heavy atom. The van der Waals surface area contributed by atoms with Gasteiger partial charge in [0.2, 0.25) is 11.9 Å². The van der Waals surface area contributed by atoms with Crippen molar-refractivity contribution in [1.82, 2.24) is 29.7 Å². The number of aromatic nitrogens is 4. The smallest absolute Gasteiger partial charge is 0.369 e. The number of nitrogens with one attached hydrogen (secondary N) is 2. The number of alkyl halides is 6. The van der Waals surface area contributed by atoms with E-state index in [0.29, 0.717) is 81.6 Å². The highest BCUT2D eigenvalue weighted by molar-refractivity contribution is 6.09. The molecule has 2 aliphatic rings. The van der Waals surface area contributed by atoms with E-state index in [1.54, 1.807) is 60.9 Å². The summed E-state index contributed by atoms with van der Waals surface area (Å²) in [5.41, 5.74) is 13.3. The van der Waals surface area contributed by atoms with Crippen LogP contribution in [0.4, 0.5) is 69.8 Å². The molecule has 6 aromatic carbocycles. The molecule has 2 saturated heterocycles. The third-order valence-corrected chi connectivity index (χ3v) is 13.9. The Bertz CT molecular complexity index is 3340. The van der Waals surface area contributed by atoms with Gasteiger partial charge < -0.3 is 41.7 Å². The second kappa shape index (κ2) is 21.9. The fourth-order valence-corrected chi connectivity index (χ4v) is 9.54. The number of nitrogens with two attached hydrogens (primary N) is 2. The molecule has 14 nitrogen and oxygen atoms in total. The van der Waals surface area contributed by atoms with Crippen LogP contribution in [0.15, 0.2) is 122 Å². The number of anilines is 6. The molecule has 0 aliphatic carbocycles. The molecule has 78 heavy (non-hydrogen) atoms. The average molecular weight is 1080 g/mol. The van der Waals surface area contributed by atoms with Gasteiger partial charge in [0.05, 0.1) is 44.7 Å². The quantitative estimate of drug-likeness (QED) is 0.0956. The maximum Gasteiger partial charge on any atom is 0.416 e. The van der Waals surface area contributed by atoms with E-state index >= 15 is 0 Å². The molecule has 8 aromatic rings.